The average Bonchev–Trinajstić information content (AvgIpc) is 2.66. The van der Waals surface area contributed by atoms with Gasteiger partial charge in [-0.25, -0.2) is 4.39 Å². The third-order valence-corrected chi connectivity index (χ3v) is 4.36. The number of hydrogen-bond acceptors (Lipinski definition) is 3. The fourth-order valence-corrected chi connectivity index (χ4v) is 2.73. The molecule has 0 fully saturated rings. The molecule has 1 atom stereocenters. The molecule has 20 heavy (non-hydrogen) atoms. The van der Waals surface area contributed by atoms with E-state index in [1.165, 1.54) is 12.1 Å². The molecule has 0 spiro atoms. The van der Waals surface area contributed by atoms with E-state index in [-0.39, 0.29) is 11.9 Å². The van der Waals surface area contributed by atoms with Crippen LogP contribution in [0.15, 0.2) is 28.7 Å². The molecule has 6 heteroatoms. The topological polar surface area (TPSA) is 55.9 Å². The van der Waals surface area contributed by atoms with Gasteiger partial charge in [0.05, 0.1) is 15.9 Å². The Morgan fingerprint density at radius 1 is 1.35 bits per heavy atom. The van der Waals surface area contributed by atoms with Crippen LogP contribution in [0.1, 0.15) is 17.0 Å². The first-order chi connectivity index (χ1) is 9.51. The molecule has 108 valence electrons. The van der Waals surface area contributed by atoms with Crippen LogP contribution in [0, 0.1) is 12.7 Å². The number of nitrogens with one attached hydrogen (secondary N) is 1. The maximum Gasteiger partial charge on any atom is 0.123 e. The summed E-state index contributed by atoms with van der Waals surface area (Å²) in [6, 6.07) is 6.55. The summed E-state index contributed by atoms with van der Waals surface area (Å²) in [6.45, 7) is 1.96. The van der Waals surface area contributed by atoms with E-state index in [0.29, 0.717) is 0 Å². The van der Waals surface area contributed by atoms with Gasteiger partial charge in [0, 0.05) is 19.5 Å². The van der Waals surface area contributed by atoms with Crippen LogP contribution in [0.3, 0.4) is 0 Å². The van der Waals surface area contributed by atoms with Crippen molar-refractivity contribution in [2.24, 2.45) is 12.9 Å². The first-order valence-electron chi connectivity index (χ1n) is 6.39. The molecule has 2 rings (SSSR count). The standard InChI is InChI=1S/C14H18BrFN4/c1-9-14(15)13(20(2)19-9)8-12(18-17)7-10-3-5-11(16)6-4-10/h3-6,12,18H,7-8,17H2,1-2H3. The molecule has 0 bridgehead atoms. The van der Waals surface area contributed by atoms with Crippen molar-refractivity contribution in [3.8, 4) is 0 Å². The van der Waals surface area contributed by atoms with Crippen molar-refractivity contribution in [1.82, 2.24) is 15.2 Å². The molecule has 0 aliphatic rings. The molecule has 3 N–H and O–H groups in total. The van der Waals surface area contributed by atoms with Gasteiger partial charge in [-0.15, -0.1) is 0 Å². The quantitative estimate of drug-likeness (QED) is 0.648. The molecule has 4 nitrogen and oxygen atoms in total. The largest absolute Gasteiger partial charge is 0.271 e. The number of rotatable bonds is 5. The summed E-state index contributed by atoms with van der Waals surface area (Å²) >= 11 is 3.55. The predicted molar refractivity (Wildman–Crippen MR) is 80.6 cm³/mol. The van der Waals surface area contributed by atoms with Crippen LogP contribution < -0.4 is 11.3 Å². The molecule has 0 aliphatic carbocycles. The minimum atomic E-state index is -0.226. The minimum absolute atomic E-state index is 0.0616. The zero-order chi connectivity index (χ0) is 14.7. The Labute approximate surface area is 126 Å². The monoisotopic (exact) mass is 340 g/mol. The number of hydrazine groups is 1. The van der Waals surface area contributed by atoms with E-state index in [9.17, 15) is 4.39 Å². The fourth-order valence-electron chi connectivity index (χ4n) is 2.23. The lowest BCUT2D eigenvalue weighted by molar-refractivity contribution is 0.504. The summed E-state index contributed by atoms with van der Waals surface area (Å²) in [4.78, 5) is 0. The lowest BCUT2D eigenvalue weighted by Gasteiger charge is -2.16. The molecule has 2 aromatic rings. The molecule has 1 heterocycles. The molecule has 0 saturated carbocycles. The van der Waals surface area contributed by atoms with Crippen molar-refractivity contribution in [2.45, 2.75) is 25.8 Å². The van der Waals surface area contributed by atoms with Gasteiger partial charge in [0.15, 0.2) is 0 Å². The minimum Gasteiger partial charge on any atom is -0.271 e. The van der Waals surface area contributed by atoms with E-state index in [4.69, 9.17) is 5.84 Å². The van der Waals surface area contributed by atoms with Crippen LogP contribution in [0.5, 0.6) is 0 Å². The fraction of sp³-hybridized carbons (Fsp3) is 0.357. The number of nitrogens with zero attached hydrogens (tertiary/aromatic N) is 2. The van der Waals surface area contributed by atoms with E-state index in [0.717, 1.165) is 34.3 Å². The van der Waals surface area contributed by atoms with Crippen LogP contribution in [0.4, 0.5) is 4.39 Å². The summed E-state index contributed by atoms with van der Waals surface area (Å²) in [5.74, 6) is 5.41. The number of hydrogen-bond donors (Lipinski definition) is 2. The highest BCUT2D eigenvalue weighted by Gasteiger charge is 2.16. The second-order valence-corrected chi connectivity index (χ2v) is 5.66. The lowest BCUT2D eigenvalue weighted by Crippen LogP contribution is -2.39. The maximum absolute atomic E-state index is 12.9. The van der Waals surface area contributed by atoms with Crippen LogP contribution in [0.2, 0.25) is 0 Å². The first-order valence-corrected chi connectivity index (χ1v) is 7.19. The van der Waals surface area contributed by atoms with E-state index >= 15 is 0 Å². The molecule has 0 radical (unpaired) electrons. The van der Waals surface area contributed by atoms with E-state index in [1.807, 2.05) is 18.7 Å². The molecule has 1 aromatic heterocycles. The van der Waals surface area contributed by atoms with Gasteiger partial charge in [0.1, 0.15) is 5.82 Å². The molecular formula is C14H18BrFN4. The van der Waals surface area contributed by atoms with Gasteiger partial charge in [-0.05, 0) is 47.0 Å². The predicted octanol–water partition coefficient (Wildman–Crippen LogP) is 2.25. The van der Waals surface area contributed by atoms with Crippen molar-refractivity contribution in [1.29, 1.82) is 0 Å². The van der Waals surface area contributed by atoms with E-state index in [2.05, 4.69) is 26.5 Å². The van der Waals surface area contributed by atoms with Crippen molar-refractivity contribution >= 4 is 15.9 Å². The van der Waals surface area contributed by atoms with Crippen molar-refractivity contribution in [3.05, 3.63) is 51.5 Å². The third kappa shape index (κ3) is 3.45. The van der Waals surface area contributed by atoms with Gasteiger partial charge in [0.25, 0.3) is 0 Å². The van der Waals surface area contributed by atoms with Crippen molar-refractivity contribution in [2.75, 3.05) is 0 Å². The Hall–Kier alpha value is -1.24. The van der Waals surface area contributed by atoms with Crippen LogP contribution in [-0.2, 0) is 19.9 Å². The van der Waals surface area contributed by atoms with Gasteiger partial charge in [-0.1, -0.05) is 12.1 Å². The molecule has 1 aromatic carbocycles. The van der Waals surface area contributed by atoms with E-state index in [1.54, 1.807) is 12.1 Å². The zero-order valence-corrected chi connectivity index (χ0v) is 13.1. The van der Waals surface area contributed by atoms with Gasteiger partial charge >= 0.3 is 0 Å². The number of benzene rings is 1. The maximum atomic E-state index is 12.9. The van der Waals surface area contributed by atoms with Crippen molar-refractivity contribution < 1.29 is 4.39 Å². The first kappa shape index (κ1) is 15.2. The third-order valence-electron chi connectivity index (χ3n) is 3.33. The Kier molecular flexibility index (Phi) is 4.91. The van der Waals surface area contributed by atoms with Crippen LogP contribution in [0.25, 0.3) is 0 Å². The van der Waals surface area contributed by atoms with Crippen molar-refractivity contribution in [3.63, 3.8) is 0 Å². The van der Waals surface area contributed by atoms with Gasteiger partial charge < -0.3 is 0 Å². The summed E-state index contributed by atoms with van der Waals surface area (Å²) in [5.41, 5.74) is 5.92. The number of halogens is 2. The van der Waals surface area contributed by atoms with E-state index < -0.39 is 0 Å². The second kappa shape index (κ2) is 6.47. The lowest BCUT2D eigenvalue weighted by atomic mass is 10.0. The van der Waals surface area contributed by atoms with Crippen LogP contribution in [-0.4, -0.2) is 15.8 Å². The summed E-state index contributed by atoms with van der Waals surface area (Å²) < 4.78 is 15.8. The molecular weight excluding hydrogens is 323 g/mol. The normalized spacial score (nSPS) is 12.7. The van der Waals surface area contributed by atoms with Gasteiger partial charge in [0.2, 0.25) is 0 Å². The number of nitrogens with two attached hydrogens (primary N) is 1. The zero-order valence-electron chi connectivity index (χ0n) is 11.5. The Bertz CT molecular complexity index is 580. The Morgan fingerprint density at radius 2 is 2.00 bits per heavy atom. The van der Waals surface area contributed by atoms with Gasteiger partial charge in [-0.3, -0.25) is 16.0 Å². The molecule has 0 aliphatic heterocycles. The summed E-state index contributed by atoms with van der Waals surface area (Å²) in [6.07, 6.45) is 1.47. The number of aryl methyl sites for hydroxylation is 2. The highest BCUT2D eigenvalue weighted by Crippen LogP contribution is 2.22. The smallest absolute Gasteiger partial charge is 0.123 e. The van der Waals surface area contributed by atoms with Gasteiger partial charge in [-0.2, -0.15) is 5.10 Å². The Morgan fingerprint density at radius 3 is 2.50 bits per heavy atom. The highest BCUT2D eigenvalue weighted by molar-refractivity contribution is 9.10. The SMILES string of the molecule is Cc1nn(C)c(CC(Cc2ccc(F)cc2)NN)c1Br. The second-order valence-electron chi connectivity index (χ2n) is 4.87. The Balaban J connectivity index is 2.11. The average molecular weight is 341 g/mol. The summed E-state index contributed by atoms with van der Waals surface area (Å²) in [5, 5.41) is 4.37. The molecule has 1 unspecified atom stereocenters. The van der Waals surface area contributed by atoms with Crippen LogP contribution >= 0.6 is 15.9 Å². The summed E-state index contributed by atoms with van der Waals surface area (Å²) in [7, 11) is 1.92. The molecule has 0 saturated heterocycles. The number of aromatic nitrogens is 2. The highest BCUT2D eigenvalue weighted by atomic mass is 79.9. The molecule has 0 amide bonds.